The molecule has 7 atom stereocenters. The molecule has 170 valence electrons. The summed E-state index contributed by atoms with van der Waals surface area (Å²) >= 11 is 0. The predicted octanol–water partition coefficient (Wildman–Crippen LogP) is 6.61. The lowest BCUT2D eigenvalue weighted by atomic mass is 9.59. The minimum Gasteiger partial charge on any atom is -0.368 e. The number of fused-ring (bicyclic) bond motifs is 2. The van der Waals surface area contributed by atoms with E-state index >= 15 is 0 Å². The first-order valence-corrected chi connectivity index (χ1v) is 12.2. The fraction of sp³-hybridized carbons (Fsp3) is 0.852. The van der Waals surface area contributed by atoms with E-state index in [0.717, 1.165) is 0 Å². The molecule has 3 heteroatoms. The number of hydrogen-bond acceptors (Lipinski definition) is 3. The Morgan fingerprint density at radius 1 is 0.900 bits per heavy atom. The fourth-order valence-corrected chi connectivity index (χ4v) is 6.96. The molecule has 0 aromatic heterocycles. The zero-order valence-electron chi connectivity index (χ0n) is 20.8. The third-order valence-corrected chi connectivity index (χ3v) is 9.70. The lowest BCUT2D eigenvalue weighted by Crippen LogP contribution is -2.58. The Kier molecular flexibility index (Phi) is 5.21. The van der Waals surface area contributed by atoms with E-state index in [9.17, 15) is 0 Å². The third-order valence-electron chi connectivity index (χ3n) is 9.70. The minimum absolute atomic E-state index is 0.0116. The van der Waals surface area contributed by atoms with Crippen molar-refractivity contribution in [2.45, 2.75) is 130 Å². The molecule has 2 spiro atoms. The summed E-state index contributed by atoms with van der Waals surface area (Å²) in [6.07, 6.45) is 13.9. The molecule has 5 rings (SSSR count). The molecule has 3 heterocycles. The highest BCUT2D eigenvalue weighted by molar-refractivity contribution is 5.35. The van der Waals surface area contributed by atoms with Crippen LogP contribution in [0, 0.1) is 16.7 Å². The van der Waals surface area contributed by atoms with E-state index in [2.05, 4.69) is 80.5 Å². The highest BCUT2D eigenvalue weighted by Crippen LogP contribution is 2.65. The van der Waals surface area contributed by atoms with Gasteiger partial charge in [-0.1, -0.05) is 46.8 Å². The molecule has 3 aliphatic heterocycles. The van der Waals surface area contributed by atoms with Gasteiger partial charge in [-0.15, -0.1) is 0 Å². The molecule has 0 N–H and O–H groups in total. The van der Waals surface area contributed by atoms with Crippen molar-refractivity contribution in [2.75, 3.05) is 0 Å². The van der Waals surface area contributed by atoms with Gasteiger partial charge in [-0.25, -0.2) is 0 Å². The number of allylic oxidation sites excluding steroid dienone is 1. The van der Waals surface area contributed by atoms with E-state index < -0.39 is 0 Å². The summed E-state index contributed by atoms with van der Waals surface area (Å²) in [5, 5.41) is 0. The van der Waals surface area contributed by atoms with Crippen molar-refractivity contribution in [3.8, 4) is 0 Å². The zero-order chi connectivity index (χ0) is 22.2. The van der Waals surface area contributed by atoms with Crippen molar-refractivity contribution in [3.63, 3.8) is 0 Å². The summed E-state index contributed by atoms with van der Waals surface area (Å²) in [6.45, 7) is 20.5. The van der Waals surface area contributed by atoms with Gasteiger partial charge in [0.15, 0.2) is 0 Å². The highest BCUT2D eigenvalue weighted by atomic mass is 16.6. The van der Waals surface area contributed by atoms with Gasteiger partial charge < -0.3 is 14.2 Å². The Hall–Kier alpha value is -0.640. The third kappa shape index (κ3) is 2.94. The molecule has 2 saturated heterocycles. The van der Waals surface area contributed by atoms with E-state index in [1.54, 1.807) is 0 Å². The molecule has 0 aromatic rings. The smallest absolute Gasteiger partial charge is 0.121 e. The topological polar surface area (TPSA) is 31.0 Å². The molecule has 0 amide bonds. The quantitative estimate of drug-likeness (QED) is 0.329. The van der Waals surface area contributed by atoms with Crippen molar-refractivity contribution in [2.24, 2.45) is 16.7 Å². The average molecular weight is 417 g/mol. The second-order valence-corrected chi connectivity index (χ2v) is 12.1. The van der Waals surface area contributed by atoms with Gasteiger partial charge in [0.2, 0.25) is 0 Å². The Morgan fingerprint density at radius 2 is 1.60 bits per heavy atom. The summed E-state index contributed by atoms with van der Waals surface area (Å²) in [6, 6.07) is 0. The molecule has 0 bridgehead atoms. The monoisotopic (exact) mass is 416 g/mol. The van der Waals surface area contributed by atoms with Crippen LogP contribution in [-0.2, 0) is 14.2 Å². The largest absolute Gasteiger partial charge is 0.368 e. The van der Waals surface area contributed by atoms with Gasteiger partial charge >= 0.3 is 0 Å². The summed E-state index contributed by atoms with van der Waals surface area (Å²) < 4.78 is 18.5. The number of rotatable bonds is 0. The zero-order valence-corrected chi connectivity index (χ0v) is 20.8. The van der Waals surface area contributed by atoms with Crippen LogP contribution in [0.3, 0.4) is 0 Å². The van der Waals surface area contributed by atoms with Crippen molar-refractivity contribution >= 4 is 0 Å². The van der Waals surface area contributed by atoms with Crippen LogP contribution in [0.15, 0.2) is 23.8 Å². The maximum absolute atomic E-state index is 6.34. The lowest BCUT2D eigenvalue weighted by molar-refractivity contribution is -0.159. The van der Waals surface area contributed by atoms with Gasteiger partial charge in [0, 0.05) is 5.41 Å². The molecule has 0 aromatic carbocycles. The summed E-state index contributed by atoms with van der Waals surface area (Å²) in [5.74, 6) is 0.663. The molecule has 0 radical (unpaired) electrons. The number of hydrogen-bond donors (Lipinski definition) is 0. The van der Waals surface area contributed by atoms with E-state index in [0.29, 0.717) is 18.1 Å². The maximum atomic E-state index is 6.34. The molecular formula is C27H44O3. The Bertz CT molecular complexity index is 742. The van der Waals surface area contributed by atoms with Crippen LogP contribution in [0.25, 0.3) is 0 Å². The predicted molar refractivity (Wildman–Crippen MR) is 123 cm³/mol. The minimum atomic E-state index is -0.149. The standard InChI is InChI=1S/C14H22O.C13H22O2/c1-10-6-7-11(2)14(13(10,4)5)9-8-12(3)15-14;1-9-5-8-13(14-9)11(2,3)7-6-10-12(13,4)15-10/h7-10,12H,6H2,1-5H3;9-10H,5-8H2,1-4H3. The fourth-order valence-electron chi connectivity index (χ4n) is 6.96. The van der Waals surface area contributed by atoms with Crippen LogP contribution >= 0.6 is 0 Å². The van der Waals surface area contributed by atoms with Gasteiger partial charge in [-0.05, 0) is 82.8 Å². The normalized spacial score (nSPS) is 50.1. The molecule has 3 nitrogen and oxygen atoms in total. The first kappa shape index (κ1) is 22.6. The Balaban J connectivity index is 0.000000145. The Labute approximate surface area is 184 Å². The van der Waals surface area contributed by atoms with Crippen molar-refractivity contribution in [1.82, 2.24) is 0 Å². The molecular weight excluding hydrogens is 372 g/mol. The number of ether oxygens (including phenoxy) is 3. The highest BCUT2D eigenvalue weighted by Gasteiger charge is 2.75. The van der Waals surface area contributed by atoms with Crippen LogP contribution < -0.4 is 0 Å². The second kappa shape index (κ2) is 6.93. The van der Waals surface area contributed by atoms with Gasteiger partial charge in [0.05, 0.1) is 18.3 Å². The van der Waals surface area contributed by atoms with Gasteiger partial charge in [0.1, 0.15) is 16.8 Å². The molecule has 3 fully saturated rings. The van der Waals surface area contributed by atoms with E-state index in [1.807, 2.05) is 0 Å². The Morgan fingerprint density at radius 3 is 2.17 bits per heavy atom. The number of epoxide rings is 1. The van der Waals surface area contributed by atoms with Gasteiger partial charge in [-0.3, -0.25) is 0 Å². The molecule has 30 heavy (non-hydrogen) atoms. The van der Waals surface area contributed by atoms with Crippen LogP contribution in [0.1, 0.15) is 94.4 Å². The molecule has 5 aliphatic rings. The van der Waals surface area contributed by atoms with Crippen molar-refractivity contribution in [3.05, 3.63) is 23.8 Å². The summed E-state index contributed by atoms with van der Waals surface area (Å²) in [4.78, 5) is 0. The lowest BCUT2D eigenvalue weighted by Gasteiger charge is -2.50. The van der Waals surface area contributed by atoms with Crippen molar-refractivity contribution < 1.29 is 14.2 Å². The van der Waals surface area contributed by atoms with E-state index in [4.69, 9.17) is 14.2 Å². The molecule has 2 aliphatic carbocycles. The van der Waals surface area contributed by atoms with Crippen LogP contribution in [-0.4, -0.2) is 35.1 Å². The second-order valence-electron chi connectivity index (χ2n) is 12.1. The summed E-state index contributed by atoms with van der Waals surface area (Å²) in [7, 11) is 0. The van der Waals surface area contributed by atoms with Crippen LogP contribution in [0.5, 0.6) is 0 Å². The molecule has 1 saturated carbocycles. The van der Waals surface area contributed by atoms with Crippen LogP contribution in [0.4, 0.5) is 0 Å². The van der Waals surface area contributed by atoms with Gasteiger partial charge in [0.25, 0.3) is 0 Å². The maximum Gasteiger partial charge on any atom is 0.121 e. The van der Waals surface area contributed by atoms with E-state index in [-0.39, 0.29) is 33.7 Å². The van der Waals surface area contributed by atoms with E-state index in [1.165, 1.54) is 37.7 Å². The van der Waals surface area contributed by atoms with Crippen LogP contribution in [0.2, 0.25) is 0 Å². The first-order chi connectivity index (χ1) is 13.8. The SMILES string of the molecule is CC1=CCC(C)C(C)(C)C12C=CC(C)O2.CC1CCC2(O1)C(C)(C)CCC1OC12C. The summed E-state index contributed by atoms with van der Waals surface area (Å²) in [5.41, 5.74) is 1.68. The molecule has 7 unspecified atom stereocenters. The van der Waals surface area contributed by atoms with Crippen molar-refractivity contribution in [1.29, 1.82) is 0 Å². The first-order valence-electron chi connectivity index (χ1n) is 12.2. The average Bonchev–Trinajstić information content (AvgIpc) is 3.00. The van der Waals surface area contributed by atoms with Gasteiger partial charge in [-0.2, -0.15) is 0 Å².